The van der Waals surface area contributed by atoms with E-state index in [1.807, 2.05) is 52.0 Å². The quantitative estimate of drug-likeness (QED) is 0.660. The highest BCUT2D eigenvalue weighted by molar-refractivity contribution is 6.01. The summed E-state index contributed by atoms with van der Waals surface area (Å²) in [5, 5.41) is 7.21. The number of hydrogen-bond donors (Lipinski definition) is 2. The zero-order valence-corrected chi connectivity index (χ0v) is 17.2. The van der Waals surface area contributed by atoms with Gasteiger partial charge in [0.25, 0.3) is 0 Å². The molecule has 7 heteroatoms. The highest BCUT2D eigenvalue weighted by atomic mass is 16.6. The predicted octanol–water partition coefficient (Wildman–Crippen LogP) is 4.91. The van der Waals surface area contributed by atoms with Gasteiger partial charge in [-0.1, -0.05) is 12.1 Å². The molecule has 0 bridgehead atoms. The number of aromatic nitrogens is 2. The Morgan fingerprint density at radius 1 is 1.07 bits per heavy atom. The van der Waals surface area contributed by atoms with Gasteiger partial charge in [-0.15, -0.1) is 0 Å². The molecular weight excluding hydrogens is 368 g/mol. The van der Waals surface area contributed by atoms with Crippen LogP contribution in [0.4, 0.5) is 16.3 Å². The van der Waals surface area contributed by atoms with Gasteiger partial charge in [0.15, 0.2) is 0 Å². The third kappa shape index (κ3) is 4.87. The Kier molecular flexibility index (Phi) is 5.50. The third-order valence-electron chi connectivity index (χ3n) is 4.11. The molecule has 0 saturated carbocycles. The highest BCUT2D eigenvalue weighted by Crippen LogP contribution is 2.32. The van der Waals surface area contributed by atoms with Gasteiger partial charge in [-0.2, -0.15) is 0 Å². The number of nitrogens with one attached hydrogen (secondary N) is 2. The standard InChI is InChI=1S/C22H24N4O3/c1-13-9-10-23-20(25-14(2)27)19(13)18-11-15-7-6-8-17(16(15)12-24-18)26-21(28)29-22(3,4)5/h6-12H,1-5H3,(H,26,28)(H,23,25,27). The Labute approximate surface area is 169 Å². The molecule has 7 nitrogen and oxygen atoms in total. The molecule has 2 N–H and O–H groups in total. The molecule has 0 aliphatic heterocycles. The largest absolute Gasteiger partial charge is 0.444 e. The summed E-state index contributed by atoms with van der Waals surface area (Å²) in [6.45, 7) is 8.82. The lowest BCUT2D eigenvalue weighted by atomic mass is 10.0. The van der Waals surface area contributed by atoms with Crippen LogP contribution in [0, 0.1) is 6.92 Å². The van der Waals surface area contributed by atoms with E-state index in [2.05, 4.69) is 20.6 Å². The maximum Gasteiger partial charge on any atom is 0.412 e. The fourth-order valence-corrected chi connectivity index (χ4v) is 2.97. The minimum Gasteiger partial charge on any atom is -0.444 e. The summed E-state index contributed by atoms with van der Waals surface area (Å²) in [5.74, 6) is 0.265. The first-order chi connectivity index (χ1) is 13.6. The Bertz CT molecular complexity index is 1090. The number of ether oxygens (including phenoxy) is 1. The first-order valence-corrected chi connectivity index (χ1v) is 9.26. The van der Waals surface area contributed by atoms with Crippen molar-refractivity contribution in [3.05, 3.63) is 48.3 Å². The van der Waals surface area contributed by atoms with E-state index in [1.165, 1.54) is 6.92 Å². The first-order valence-electron chi connectivity index (χ1n) is 9.26. The monoisotopic (exact) mass is 392 g/mol. The molecule has 0 unspecified atom stereocenters. The van der Waals surface area contributed by atoms with Crippen LogP contribution in [0.2, 0.25) is 0 Å². The van der Waals surface area contributed by atoms with Crippen LogP contribution < -0.4 is 10.6 Å². The second-order valence-electron chi connectivity index (χ2n) is 7.76. The molecule has 0 spiro atoms. The SMILES string of the molecule is CC(=O)Nc1nccc(C)c1-c1cc2cccc(NC(=O)OC(C)(C)C)c2cn1. The van der Waals surface area contributed by atoms with Crippen LogP contribution in [0.5, 0.6) is 0 Å². The van der Waals surface area contributed by atoms with Gasteiger partial charge in [-0.3, -0.25) is 15.1 Å². The Balaban J connectivity index is 2.01. The van der Waals surface area contributed by atoms with Crippen LogP contribution in [-0.4, -0.2) is 27.6 Å². The molecule has 0 aliphatic carbocycles. The lowest BCUT2D eigenvalue weighted by Gasteiger charge is -2.20. The number of hydrogen-bond acceptors (Lipinski definition) is 5. The number of pyridine rings is 2. The van der Waals surface area contributed by atoms with E-state index in [0.717, 1.165) is 21.9 Å². The highest BCUT2D eigenvalue weighted by Gasteiger charge is 2.18. The average molecular weight is 392 g/mol. The molecule has 0 fully saturated rings. The van der Waals surface area contributed by atoms with Crippen LogP contribution in [0.3, 0.4) is 0 Å². The summed E-state index contributed by atoms with van der Waals surface area (Å²) in [4.78, 5) is 32.5. The van der Waals surface area contributed by atoms with Gasteiger partial charge >= 0.3 is 6.09 Å². The van der Waals surface area contributed by atoms with E-state index in [-0.39, 0.29) is 5.91 Å². The summed E-state index contributed by atoms with van der Waals surface area (Å²) < 4.78 is 5.33. The van der Waals surface area contributed by atoms with Crippen LogP contribution in [0.15, 0.2) is 42.7 Å². The van der Waals surface area contributed by atoms with E-state index in [4.69, 9.17) is 4.74 Å². The van der Waals surface area contributed by atoms with Crippen molar-refractivity contribution in [1.82, 2.24) is 9.97 Å². The Morgan fingerprint density at radius 3 is 2.52 bits per heavy atom. The molecule has 2 amide bonds. The topological polar surface area (TPSA) is 93.2 Å². The molecule has 29 heavy (non-hydrogen) atoms. The lowest BCUT2D eigenvalue weighted by molar-refractivity contribution is -0.114. The summed E-state index contributed by atoms with van der Waals surface area (Å²) in [7, 11) is 0. The summed E-state index contributed by atoms with van der Waals surface area (Å²) in [6, 6.07) is 9.36. The Morgan fingerprint density at radius 2 is 1.83 bits per heavy atom. The fraction of sp³-hybridized carbons (Fsp3) is 0.273. The minimum atomic E-state index is -0.585. The minimum absolute atomic E-state index is 0.200. The number of nitrogens with zero attached hydrogens (tertiary/aromatic N) is 2. The summed E-state index contributed by atoms with van der Waals surface area (Å²) in [5.41, 5.74) is 2.41. The van der Waals surface area contributed by atoms with E-state index < -0.39 is 11.7 Å². The molecule has 150 valence electrons. The predicted molar refractivity (Wildman–Crippen MR) is 114 cm³/mol. The second-order valence-corrected chi connectivity index (χ2v) is 7.76. The van der Waals surface area contributed by atoms with Gasteiger partial charge in [0.1, 0.15) is 11.4 Å². The van der Waals surface area contributed by atoms with E-state index in [1.54, 1.807) is 18.5 Å². The molecule has 3 aromatic rings. The van der Waals surface area contributed by atoms with Crippen molar-refractivity contribution in [2.45, 2.75) is 40.2 Å². The molecule has 1 aromatic carbocycles. The normalized spacial score (nSPS) is 11.2. The van der Waals surface area contributed by atoms with Crippen LogP contribution in [-0.2, 0) is 9.53 Å². The van der Waals surface area contributed by atoms with E-state index in [0.29, 0.717) is 17.2 Å². The van der Waals surface area contributed by atoms with Crippen molar-refractivity contribution < 1.29 is 14.3 Å². The van der Waals surface area contributed by atoms with Crippen molar-refractivity contribution >= 4 is 34.3 Å². The molecule has 0 atom stereocenters. The number of aryl methyl sites for hydroxylation is 1. The smallest absolute Gasteiger partial charge is 0.412 e. The number of carbonyl (C=O) groups is 2. The third-order valence-corrected chi connectivity index (χ3v) is 4.11. The van der Waals surface area contributed by atoms with Gasteiger partial charge < -0.3 is 10.1 Å². The molecule has 0 aliphatic rings. The van der Waals surface area contributed by atoms with Gasteiger partial charge in [0.2, 0.25) is 5.91 Å². The number of rotatable bonds is 3. The number of benzene rings is 1. The van der Waals surface area contributed by atoms with Crippen LogP contribution >= 0.6 is 0 Å². The number of amides is 2. The molecule has 0 radical (unpaired) electrons. The van der Waals surface area contributed by atoms with Crippen molar-refractivity contribution in [1.29, 1.82) is 0 Å². The Hall–Kier alpha value is -3.48. The van der Waals surface area contributed by atoms with Crippen LogP contribution in [0.1, 0.15) is 33.3 Å². The number of fused-ring (bicyclic) bond motifs is 1. The molecule has 3 rings (SSSR count). The second kappa shape index (κ2) is 7.87. The summed E-state index contributed by atoms with van der Waals surface area (Å²) >= 11 is 0. The zero-order chi connectivity index (χ0) is 21.2. The van der Waals surface area contributed by atoms with E-state index >= 15 is 0 Å². The van der Waals surface area contributed by atoms with Crippen molar-refractivity contribution in [2.75, 3.05) is 10.6 Å². The number of carbonyl (C=O) groups excluding carboxylic acids is 2. The maximum atomic E-state index is 12.1. The van der Waals surface area contributed by atoms with E-state index in [9.17, 15) is 9.59 Å². The van der Waals surface area contributed by atoms with Crippen molar-refractivity contribution in [3.63, 3.8) is 0 Å². The van der Waals surface area contributed by atoms with Crippen molar-refractivity contribution in [3.8, 4) is 11.3 Å². The molecular formula is C22H24N4O3. The maximum absolute atomic E-state index is 12.1. The van der Waals surface area contributed by atoms with Gasteiger partial charge in [0.05, 0.1) is 11.4 Å². The fourth-order valence-electron chi connectivity index (χ4n) is 2.97. The van der Waals surface area contributed by atoms with Crippen LogP contribution in [0.25, 0.3) is 22.0 Å². The van der Waals surface area contributed by atoms with Gasteiger partial charge in [-0.25, -0.2) is 9.78 Å². The molecule has 2 aromatic heterocycles. The first kappa shape index (κ1) is 20.3. The van der Waals surface area contributed by atoms with Gasteiger partial charge in [-0.05, 0) is 56.8 Å². The molecule has 0 saturated heterocycles. The van der Waals surface area contributed by atoms with Crippen molar-refractivity contribution in [2.24, 2.45) is 0 Å². The van der Waals surface area contributed by atoms with Gasteiger partial charge in [0, 0.05) is 30.3 Å². The molecule has 2 heterocycles. The average Bonchev–Trinajstić information content (AvgIpc) is 2.59. The number of anilines is 2. The lowest BCUT2D eigenvalue weighted by Crippen LogP contribution is -2.27. The summed E-state index contributed by atoms with van der Waals surface area (Å²) in [6.07, 6.45) is 2.82. The zero-order valence-electron chi connectivity index (χ0n) is 17.2.